The number of hydrogen-bond acceptors (Lipinski definition) is 3. The molecule has 2 aromatic carbocycles. The second-order valence-corrected chi connectivity index (χ2v) is 8.89. The summed E-state index contributed by atoms with van der Waals surface area (Å²) in [5.74, 6) is 0.835. The highest BCUT2D eigenvalue weighted by atomic mass is 16.1. The molecule has 1 fully saturated rings. The molecule has 29 heavy (non-hydrogen) atoms. The highest BCUT2D eigenvalue weighted by molar-refractivity contribution is 5.82. The van der Waals surface area contributed by atoms with Gasteiger partial charge in [-0.1, -0.05) is 62.4 Å². The molecule has 2 aromatic rings. The lowest BCUT2D eigenvalue weighted by Gasteiger charge is -2.49. The Morgan fingerprint density at radius 2 is 1.83 bits per heavy atom. The van der Waals surface area contributed by atoms with Crippen molar-refractivity contribution >= 4 is 11.6 Å². The van der Waals surface area contributed by atoms with Gasteiger partial charge in [0.25, 0.3) is 0 Å². The van der Waals surface area contributed by atoms with E-state index in [9.17, 15) is 4.79 Å². The second-order valence-electron chi connectivity index (χ2n) is 8.89. The first-order chi connectivity index (χ1) is 14.1. The zero-order valence-corrected chi connectivity index (χ0v) is 17.7. The lowest BCUT2D eigenvalue weighted by molar-refractivity contribution is -0.126. The Kier molecular flexibility index (Phi) is 6.19. The lowest BCUT2D eigenvalue weighted by atomic mass is 9.83. The number of anilines is 1. The molecule has 1 amide bonds. The van der Waals surface area contributed by atoms with Crippen LogP contribution in [-0.2, 0) is 17.8 Å². The van der Waals surface area contributed by atoms with Gasteiger partial charge >= 0.3 is 0 Å². The quantitative estimate of drug-likeness (QED) is 0.815. The molecule has 0 unspecified atom stereocenters. The van der Waals surface area contributed by atoms with E-state index in [4.69, 9.17) is 0 Å². The SMILES string of the molecule is CC(C)CCNC(=O)[C@@H]1Cc2ccccc2N2CCN(Cc3ccccc3)C[C@H]12. The molecule has 0 radical (unpaired) electrons. The summed E-state index contributed by atoms with van der Waals surface area (Å²) in [6.07, 6.45) is 1.87. The summed E-state index contributed by atoms with van der Waals surface area (Å²) >= 11 is 0. The number of amides is 1. The molecule has 0 spiro atoms. The van der Waals surface area contributed by atoms with E-state index in [1.54, 1.807) is 0 Å². The van der Waals surface area contributed by atoms with Crippen molar-refractivity contribution in [3.8, 4) is 0 Å². The maximum atomic E-state index is 13.2. The molecule has 4 heteroatoms. The van der Waals surface area contributed by atoms with Gasteiger partial charge in [0.2, 0.25) is 5.91 Å². The number of nitrogens with zero attached hydrogens (tertiary/aromatic N) is 2. The van der Waals surface area contributed by atoms with E-state index >= 15 is 0 Å². The van der Waals surface area contributed by atoms with Gasteiger partial charge in [-0.3, -0.25) is 9.69 Å². The summed E-state index contributed by atoms with van der Waals surface area (Å²) in [6.45, 7) is 9.07. The number of piperazine rings is 1. The van der Waals surface area contributed by atoms with Gasteiger partial charge in [-0.05, 0) is 36.0 Å². The molecule has 2 aliphatic rings. The van der Waals surface area contributed by atoms with Gasteiger partial charge in [0.1, 0.15) is 0 Å². The lowest BCUT2D eigenvalue weighted by Crippen LogP contribution is -2.60. The van der Waals surface area contributed by atoms with Crippen LogP contribution in [0.15, 0.2) is 54.6 Å². The van der Waals surface area contributed by atoms with Gasteiger partial charge < -0.3 is 10.2 Å². The first-order valence-corrected chi connectivity index (χ1v) is 11.0. The standard InChI is InChI=1S/C25H33N3O/c1-19(2)12-13-26-25(29)22-16-21-10-6-7-11-23(21)28-15-14-27(18-24(22)28)17-20-8-4-3-5-9-20/h3-11,19,22,24H,12-18H2,1-2H3,(H,26,29)/t22-,24-/m1/s1. The smallest absolute Gasteiger partial charge is 0.225 e. The van der Waals surface area contributed by atoms with Crippen LogP contribution in [0.4, 0.5) is 5.69 Å². The largest absolute Gasteiger partial charge is 0.365 e. The minimum atomic E-state index is 0.00985. The fourth-order valence-corrected chi connectivity index (χ4v) is 4.72. The van der Waals surface area contributed by atoms with E-state index in [2.05, 4.69) is 83.6 Å². The van der Waals surface area contributed by atoms with Crippen LogP contribution in [-0.4, -0.2) is 43.0 Å². The summed E-state index contributed by atoms with van der Waals surface area (Å²) in [7, 11) is 0. The molecule has 4 nitrogen and oxygen atoms in total. The van der Waals surface area contributed by atoms with Crippen molar-refractivity contribution in [3.63, 3.8) is 0 Å². The summed E-state index contributed by atoms with van der Waals surface area (Å²) in [5, 5.41) is 3.23. The first kappa shape index (κ1) is 20.0. The Morgan fingerprint density at radius 1 is 1.07 bits per heavy atom. The van der Waals surface area contributed by atoms with Crippen LogP contribution in [0.25, 0.3) is 0 Å². The third-order valence-electron chi connectivity index (χ3n) is 6.31. The maximum absolute atomic E-state index is 13.2. The normalized spacial score (nSPS) is 21.6. The van der Waals surface area contributed by atoms with Crippen LogP contribution in [0.1, 0.15) is 31.4 Å². The topological polar surface area (TPSA) is 35.6 Å². The highest BCUT2D eigenvalue weighted by Crippen LogP contribution is 2.36. The molecule has 1 N–H and O–H groups in total. The summed E-state index contributed by atoms with van der Waals surface area (Å²) in [4.78, 5) is 18.2. The third kappa shape index (κ3) is 4.64. The van der Waals surface area contributed by atoms with Gasteiger partial charge in [-0.25, -0.2) is 0 Å². The number of rotatable bonds is 6. The first-order valence-electron chi connectivity index (χ1n) is 11.0. The fraction of sp³-hybridized carbons (Fsp3) is 0.480. The average molecular weight is 392 g/mol. The fourth-order valence-electron chi connectivity index (χ4n) is 4.72. The zero-order chi connectivity index (χ0) is 20.2. The minimum absolute atomic E-state index is 0.00985. The van der Waals surface area contributed by atoms with Crippen LogP contribution in [0, 0.1) is 11.8 Å². The number of carbonyl (C=O) groups is 1. The van der Waals surface area contributed by atoms with Gasteiger partial charge in [0.15, 0.2) is 0 Å². The molecule has 0 bridgehead atoms. The Labute approximate surface area is 174 Å². The number of hydrogen-bond donors (Lipinski definition) is 1. The van der Waals surface area contributed by atoms with E-state index in [0.29, 0.717) is 5.92 Å². The van der Waals surface area contributed by atoms with Gasteiger partial charge in [-0.15, -0.1) is 0 Å². The van der Waals surface area contributed by atoms with Gasteiger partial charge in [0.05, 0.1) is 12.0 Å². The number of fused-ring (bicyclic) bond motifs is 3. The van der Waals surface area contributed by atoms with Crippen molar-refractivity contribution in [1.29, 1.82) is 0 Å². The molecule has 1 saturated heterocycles. The van der Waals surface area contributed by atoms with E-state index in [-0.39, 0.29) is 17.9 Å². The van der Waals surface area contributed by atoms with Crippen LogP contribution in [0.3, 0.4) is 0 Å². The molecule has 2 heterocycles. The summed E-state index contributed by atoms with van der Waals surface area (Å²) in [6, 6.07) is 19.5. The molecular formula is C25H33N3O. The molecule has 0 aromatic heterocycles. The molecule has 2 atom stereocenters. The van der Waals surface area contributed by atoms with E-state index in [0.717, 1.165) is 45.6 Å². The van der Waals surface area contributed by atoms with Crippen LogP contribution in [0.5, 0.6) is 0 Å². The Hall–Kier alpha value is -2.33. The third-order valence-corrected chi connectivity index (χ3v) is 6.31. The number of carbonyl (C=O) groups excluding carboxylic acids is 1. The maximum Gasteiger partial charge on any atom is 0.225 e. The molecule has 154 valence electrons. The average Bonchev–Trinajstić information content (AvgIpc) is 2.73. The molecule has 4 rings (SSSR count). The zero-order valence-electron chi connectivity index (χ0n) is 17.7. The Bertz CT molecular complexity index is 820. The molecule has 0 saturated carbocycles. The predicted molar refractivity (Wildman–Crippen MR) is 119 cm³/mol. The van der Waals surface area contributed by atoms with Crippen LogP contribution < -0.4 is 10.2 Å². The second kappa shape index (κ2) is 9.00. The van der Waals surface area contributed by atoms with Crippen molar-refractivity contribution < 1.29 is 4.79 Å². The van der Waals surface area contributed by atoms with Crippen LogP contribution >= 0.6 is 0 Å². The number of benzene rings is 2. The molecule has 0 aliphatic carbocycles. The van der Waals surface area contributed by atoms with E-state index in [1.807, 2.05) is 0 Å². The predicted octanol–water partition coefficient (Wildman–Crippen LogP) is 3.71. The van der Waals surface area contributed by atoms with Crippen LogP contribution in [0.2, 0.25) is 0 Å². The summed E-state index contributed by atoms with van der Waals surface area (Å²) < 4.78 is 0. The summed E-state index contributed by atoms with van der Waals surface area (Å²) in [5.41, 5.74) is 3.97. The number of nitrogens with one attached hydrogen (secondary N) is 1. The Balaban J connectivity index is 1.51. The molecular weight excluding hydrogens is 358 g/mol. The van der Waals surface area contributed by atoms with Crippen molar-refractivity contribution in [2.24, 2.45) is 11.8 Å². The van der Waals surface area contributed by atoms with Crippen molar-refractivity contribution in [3.05, 3.63) is 65.7 Å². The van der Waals surface area contributed by atoms with Crippen molar-refractivity contribution in [1.82, 2.24) is 10.2 Å². The van der Waals surface area contributed by atoms with Crippen molar-refractivity contribution in [2.45, 2.75) is 39.3 Å². The van der Waals surface area contributed by atoms with E-state index < -0.39 is 0 Å². The Morgan fingerprint density at radius 3 is 2.62 bits per heavy atom. The highest BCUT2D eigenvalue weighted by Gasteiger charge is 2.41. The van der Waals surface area contributed by atoms with Gasteiger partial charge in [0, 0.05) is 38.4 Å². The number of para-hydroxylation sites is 1. The van der Waals surface area contributed by atoms with E-state index in [1.165, 1.54) is 16.8 Å². The monoisotopic (exact) mass is 391 g/mol. The molecule has 2 aliphatic heterocycles. The van der Waals surface area contributed by atoms with Crippen molar-refractivity contribution in [2.75, 3.05) is 31.1 Å². The minimum Gasteiger partial charge on any atom is -0.365 e. The van der Waals surface area contributed by atoms with Gasteiger partial charge in [-0.2, -0.15) is 0 Å².